The largest absolute Gasteiger partial charge is 1.00 e. The Balaban J connectivity index is -0.0000000150. The van der Waals surface area contributed by atoms with Gasteiger partial charge < -0.3 is 7.85 Å². The van der Waals surface area contributed by atoms with Gasteiger partial charge in [-0.05, 0) is 0 Å². The van der Waals surface area contributed by atoms with Crippen molar-refractivity contribution in [1.29, 1.82) is 0 Å². The number of rotatable bonds is 0. The van der Waals surface area contributed by atoms with Gasteiger partial charge in [0, 0.05) is 0 Å². The zero-order valence-electron chi connectivity index (χ0n) is 5.08. The molecule has 0 nitrogen and oxygen atoms in total. The van der Waals surface area contributed by atoms with Crippen molar-refractivity contribution in [3.05, 3.63) is 6.42 Å². The van der Waals surface area contributed by atoms with E-state index >= 15 is 0 Å². The minimum absolute atomic E-state index is 0. The van der Waals surface area contributed by atoms with Crippen LogP contribution in [0.15, 0.2) is 0 Å². The van der Waals surface area contributed by atoms with Gasteiger partial charge in [0.15, 0.2) is 0 Å². The molecule has 0 N–H and O–H groups in total. The molecule has 0 radical (unpaired) electrons. The molecule has 0 fully saturated rings. The molecule has 6 heavy (non-hydrogen) atoms. The zero-order valence-corrected chi connectivity index (χ0v) is 8.08. The van der Waals surface area contributed by atoms with Crippen LogP contribution in [0.3, 0.4) is 0 Å². The summed E-state index contributed by atoms with van der Waals surface area (Å²) in [5, 5.41) is 0. The van der Waals surface area contributed by atoms with Gasteiger partial charge in [0.1, 0.15) is 0 Å². The fourth-order valence-corrected chi connectivity index (χ4v) is 0. The van der Waals surface area contributed by atoms with E-state index in [-0.39, 0.29) is 60.5 Å². The molecule has 0 aromatic carbocycles. The van der Waals surface area contributed by atoms with E-state index in [1.54, 1.807) is 5.92 Å². The molecule has 2 heteroatoms. The molecule has 0 unspecified atom stereocenters. The number of terminal acetylenes is 1. The van der Waals surface area contributed by atoms with Crippen molar-refractivity contribution in [2.24, 2.45) is 0 Å². The predicted molar refractivity (Wildman–Crippen MR) is 17.1 cm³/mol. The van der Waals surface area contributed by atoms with E-state index in [1.807, 2.05) is 5.92 Å². The Bertz CT molecular complexity index is 64.7. The smallest absolute Gasteiger partial charge is 1.00 e. The van der Waals surface area contributed by atoms with Gasteiger partial charge in [-0.3, -0.25) is 11.8 Å². The maximum atomic E-state index is 5.97. The third-order valence-corrected chi connectivity index (χ3v) is 0.0722. The van der Waals surface area contributed by atoms with E-state index < -0.39 is 0 Å². The molecule has 0 aliphatic heterocycles. The molecule has 0 aromatic rings. The molecule has 0 saturated heterocycles. The predicted octanol–water partition coefficient (Wildman–Crippen LogP) is -5.67. The second-order valence-corrected chi connectivity index (χ2v) is 0.269. The average molecular weight is 96.0 g/mol. The maximum absolute atomic E-state index is 5.97. The Kier molecular flexibility index (Phi) is 43.2. The first-order chi connectivity index (χ1) is 1.91. The monoisotopic (exact) mass is 96.0 g/mol. The summed E-state index contributed by atoms with van der Waals surface area (Å²) < 4.78 is 0. The topological polar surface area (TPSA) is 0 Å². The van der Waals surface area contributed by atoms with E-state index in [4.69, 9.17) is 6.42 Å². The van der Waals surface area contributed by atoms with Crippen molar-refractivity contribution in [1.82, 2.24) is 0 Å². The Morgan fingerprint density at radius 2 is 1.67 bits per heavy atom. The van der Waals surface area contributed by atoms with Crippen molar-refractivity contribution in [3.63, 3.8) is 0 Å². The molecular weight excluding hydrogens is 94.0 g/mol. The van der Waals surface area contributed by atoms with E-state index in [2.05, 4.69) is 6.42 Å². The van der Waals surface area contributed by atoms with Crippen molar-refractivity contribution < 1.29 is 60.5 Å². The Morgan fingerprint density at radius 3 is 1.67 bits per heavy atom. The summed E-state index contributed by atoms with van der Waals surface area (Å²) in [6.07, 6.45) is 10.4. The summed E-state index contributed by atoms with van der Waals surface area (Å²) in [5.41, 5.74) is 0. The molecule has 0 heterocycles. The molecular formula is C4H2Na2. The maximum Gasteiger partial charge on any atom is 1.00 e. The van der Waals surface area contributed by atoms with Crippen LogP contribution in [0.25, 0.3) is 0 Å². The van der Waals surface area contributed by atoms with Crippen LogP contribution in [-0.2, 0) is 0 Å². The molecule has 0 spiro atoms. The summed E-state index contributed by atoms with van der Waals surface area (Å²) in [6.45, 7) is 0. The van der Waals surface area contributed by atoms with Crippen molar-refractivity contribution >= 4 is 0 Å². The van der Waals surface area contributed by atoms with Crippen LogP contribution >= 0.6 is 0 Å². The Hall–Kier alpha value is 1.12. The third kappa shape index (κ3) is 19.3. The molecule has 0 rings (SSSR count). The first-order valence-corrected chi connectivity index (χ1v) is 0.789. The summed E-state index contributed by atoms with van der Waals surface area (Å²) in [6, 6.07) is 0. The molecule has 0 saturated carbocycles. The van der Waals surface area contributed by atoms with E-state index in [0.717, 1.165) is 0 Å². The van der Waals surface area contributed by atoms with E-state index in [0.29, 0.717) is 0 Å². The average Bonchev–Trinajstić information content (AvgIpc) is 1.37. The Labute approximate surface area is 84.1 Å². The molecule has 0 aliphatic rings. The van der Waals surface area contributed by atoms with Crippen LogP contribution in [0.2, 0.25) is 0 Å². The van der Waals surface area contributed by atoms with Gasteiger partial charge in [0.2, 0.25) is 0 Å². The van der Waals surface area contributed by atoms with Crippen LogP contribution in [0.4, 0.5) is 0 Å². The summed E-state index contributed by atoms with van der Waals surface area (Å²) in [7, 11) is 0. The SMILES string of the molecule is [C-]#CC#C.[H-].[Na+].[Na+]. The van der Waals surface area contributed by atoms with Crippen LogP contribution < -0.4 is 59.1 Å². The minimum atomic E-state index is 0. The van der Waals surface area contributed by atoms with Gasteiger partial charge in [-0.25, -0.2) is 6.42 Å². The van der Waals surface area contributed by atoms with Gasteiger partial charge >= 0.3 is 59.1 Å². The third-order valence-electron chi connectivity index (χ3n) is 0.0722. The molecule has 0 atom stereocenters. The summed E-state index contributed by atoms with van der Waals surface area (Å²) >= 11 is 0. The fraction of sp³-hybridized carbons (Fsp3) is 0. The standard InChI is InChI=1S/C4H.2Na.H/c1-3-4-2;;;/h1H;;;/q-1;2*+1;-1. The van der Waals surface area contributed by atoms with Gasteiger partial charge in [0.25, 0.3) is 0 Å². The first-order valence-electron chi connectivity index (χ1n) is 0.789. The molecule has 0 bridgehead atoms. The molecule has 0 aliphatic carbocycles. The quantitative estimate of drug-likeness (QED) is 0.160. The van der Waals surface area contributed by atoms with Crippen molar-refractivity contribution in [2.75, 3.05) is 0 Å². The molecule has 0 aromatic heterocycles. The van der Waals surface area contributed by atoms with Gasteiger partial charge in [-0.15, -0.1) is 0 Å². The van der Waals surface area contributed by atoms with Crippen LogP contribution in [-0.4, -0.2) is 0 Å². The second-order valence-electron chi connectivity index (χ2n) is 0.269. The van der Waals surface area contributed by atoms with Crippen LogP contribution in [0, 0.1) is 24.7 Å². The minimum Gasteiger partial charge on any atom is -1.00 e. The van der Waals surface area contributed by atoms with Crippen LogP contribution in [0.1, 0.15) is 1.43 Å². The zero-order chi connectivity index (χ0) is 3.41. The Morgan fingerprint density at radius 1 is 1.50 bits per heavy atom. The molecule has 20 valence electrons. The fourth-order valence-electron chi connectivity index (χ4n) is 0. The van der Waals surface area contributed by atoms with Gasteiger partial charge in [-0.1, -0.05) is 0 Å². The van der Waals surface area contributed by atoms with Gasteiger partial charge in [0.05, 0.1) is 0 Å². The second kappa shape index (κ2) is 16.5. The number of hydrogen-bond donors (Lipinski definition) is 0. The van der Waals surface area contributed by atoms with E-state index in [9.17, 15) is 0 Å². The molecule has 0 amide bonds. The van der Waals surface area contributed by atoms with Crippen LogP contribution in [0.5, 0.6) is 0 Å². The van der Waals surface area contributed by atoms with E-state index in [1.165, 1.54) is 0 Å². The van der Waals surface area contributed by atoms with Crippen molar-refractivity contribution in [3.8, 4) is 18.3 Å². The van der Waals surface area contributed by atoms with Crippen molar-refractivity contribution in [2.45, 2.75) is 0 Å². The summed E-state index contributed by atoms with van der Waals surface area (Å²) in [4.78, 5) is 0. The normalized spacial score (nSPS) is 1.67. The first kappa shape index (κ1) is 15.7. The van der Waals surface area contributed by atoms with Gasteiger partial charge in [-0.2, -0.15) is 0 Å². The number of hydrogen-bond acceptors (Lipinski definition) is 0. The summed E-state index contributed by atoms with van der Waals surface area (Å²) in [5.74, 6) is 3.56.